The normalized spacial score (nSPS) is 11.4. The van der Waals surface area contributed by atoms with Crippen LogP contribution in [0.2, 0.25) is 0 Å². The van der Waals surface area contributed by atoms with Crippen LogP contribution in [-0.4, -0.2) is 28.7 Å². The molecule has 6 nitrogen and oxygen atoms in total. The lowest BCUT2D eigenvalue weighted by Crippen LogP contribution is -2.12. The van der Waals surface area contributed by atoms with Gasteiger partial charge in [0.2, 0.25) is 0 Å². The number of nitrogens with two attached hydrogens (primary N) is 1. The average Bonchev–Trinajstić information content (AvgIpc) is 3.22. The highest BCUT2D eigenvalue weighted by Crippen LogP contribution is 2.32. The van der Waals surface area contributed by atoms with Crippen molar-refractivity contribution < 1.29 is 24.5 Å². The van der Waals surface area contributed by atoms with E-state index in [-0.39, 0.29) is 18.9 Å². The minimum absolute atomic E-state index is 0.0207. The van der Waals surface area contributed by atoms with Crippen LogP contribution in [-0.2, 0) is 16.0 Å². The van der Waals surface area contributed by atoms with Crippen molar-refractivity contribution in [2.24, 2.45) is 5.73 Å². The maximum atomic E-state index is 9.64. The van der Waals surface area contributed by atoms with Gasteiger partial charge in [0.15, 0.2) is 0 Å². The number of rotatable bonds is 9. The fourth-order valence-electron chi connectivity index (χ4n) is 2.86. The van der Waals surface area contributed by atoms with Gasteiger partial charge < -0.3 is 20.7 Å². The molecule has 1 aromatic heterocycles. The summed E-state index contributed by atoms with van der Waals surface area (Å²) >= 11 is 1.80. The first-order valence-electron chi connectivity index (χ1n) is 9.80. The van der Waals surface area contributed by atoms with Crippen molar-refractivity contribution in [1.82, 2.24) is 0 Å². The van der Waals surface area contributed by atoms with Gasteiger partial charge in [0.1, 0.15) is 11.9 Å². The molecule has 30 heavy (non-hydrogen) atoms. The van der Waals surface area contributed by atoms with Gasteiger partial charge in [0, 0.05) is 22.2 Å². The SMILES string of the molecule is CCc1cc(C(CCN)Oc2cccc3ccccc23)cs1.O=C(O)CCC(=O)O. The van der Waals surface area contributed by atoms with Crippen LogP contribution in [0.15, 0.2) is 53.9 Å². The van der Waals surface area contributed by atoms with E-state index in [4.69, 9.17) is 20.7 Å². The third kappa shape index (κ3) is 7.17. The van der Waals surface area contributed by atoms with Crippen molar-refractivity contribution in [2.45, 2.75) is 38.7 Å². The topological polar surface area (TPSA) is 110 Å². The molecule has 2 aromatic carbocycles. The second-order valence-electron chi connectivity index (χ2n) is 6.65. The van der Waals surface area contributed by atoms with Gasteiger partial charge in [-0.2, -0.15) is 0 Å². The molecule has 0 bridgehead atoms. The second kappa shape index (κ2) is 11.9. The number of benzene rings is 2. The third-order valence-electron chi connectivity index (χ3n) is 4.39. The van der Waals surface area contributed by atoms with Crippen molar-refractivity contribution in [1.29, 1.82) is 0 Å². The number of thiophene rings is 1. The maximum Gasteiger partial charge on any atom is 0.303 e. The summed E-state index contributed by atoms with van der Waals surface area (Å²) in [5.74, 6) is -1.22. The van der Waals surface area contributed by atoms with E-state index in [0.717, 1.165) is 24.0 Å². The Morgan fingerprint density at radius 2 is 1.73 bits per heavy atom. The van der Waals surface area contributed by atoms with E-state index in [2.05, 4.69) is 42.6 Å². The molecule has 0 fully saturated rings. The highest BCUT2D eigenvalue weighted by molar-refractivity contribution is 7.10. The monoisotopic (exact) mass is 429 g/mol. The molecule has 0 amide bonds. The Labute approximate surface area is 179 Å². The van der Waals surface area contributed by atoms with Gasteiger partial charge in [-0.3, -0.25) is 9.59 Å². The summed E-state index contributed by atoms with van der Waals surface area (Å²) in [7, 11) is 0. The molecule has 160 valence electrons. The maximum absolute atomic E-state index is 9.64. The lowest BCUT2D eigenvalue weighted by molar-refractivity contribution is -0.143. The van der Waals surface area contributed by atoms with Crippen molar-refractivity contribution in [2.75, 3.05) is 6.54 Å². The predicted molar refractivity (Wildman–Crippen MR) is 119 cm³/mol. The van der Waals surface area contributed by atoms with E-state index in [1.54, 1.807) is 11.3 Å². The van der Waals surface area contributed by atoms with E-state index in [0.29, 0.717) is 6.54 Å². The number of aryl methyl sites for hydroxylation is 1. The number of ether oxygens (including phenoxy) is 1. The Bertz CT molecular complexity index is 950. The van der Waals surface area contributed by atoms with Crippen molar-refractivity contribution in [3.8, 4) is 5.75 Å². The Kier molecular flexibility index (Phi) is 9.31. The molecule has 0 spiro atoms. The molecular weight excluding hydrogens is 402 g/mol. The molecule has 1 atom stereocenters. The first-order valence-corrected chi connectivity index (χ1v) is 10.7. The van der Waals surface area contributed by atoms with E-state index in [9.17, 15) is 9.59 Å². The number of carboxylic acid groups (broad SMARTS) is 2. The van der Waals surface area contributed by atoms with E-state index in [1.165, 1.54) is 15.8 Å². The molecular formula is C23H27NO5S. The molecule has 0 aliphatic carbocycles. The third-order valence-corrected chi connectivity index (χ3v) is 5.49. The average molecular weight is 430 g/mol. The molecule has 0 radical (unpaired) electrons. The molecule has 0 aliphatic rings. The number of carbonyl (C=O) groups is 2. The molecule has 0 aliphatic heterocycles. The lowest BCUT2D eigenvalue weighted by atomic mass is 10.1. The Morgan fingerprint density at radius 3 is 2.33 bits per heavy atom. The van der Waals surface area contributed by atoms with E-state index >= 15 is 0 Å². The Hall–Kier alpha value is -2.90. The zero-order valence-electron chi connectivity index (χ0n) is 16.9. The molecule has 0 saturated heterocycles. The van der Waals surface area contributed by atoms with Gasteiger partial charge in [-0.25, -0.2) is 0 Å². The van der Waals surface area contributed by atoms with Gasteiger partial charge in [-0.05, 0) is 35.9 Å². The van der Waals surface area contributed by atoms with Crippen LogP contribution in [0.3, 0.4) is 0 Å². The first kappa shape index (κ1) is 23.4. The van der Waals surface area contributed by atoms with Crippen LogP contribution in [0.5, 0.6) is 5.75 Å². The van der Waals surface area contributed by atoms with Crippen molar-refractivity contribution >= 4 is 34.0 Å². The van der Waals surface area contributed by atoms with Gasteiger partial charge in [0.05, 0.1) is 12.8 Å². The summed E-state index contributed by atoms with van der Waals surface area (Å²) in [6.07, 6.45) is 1.31. The first-order chi connectivity index (χ1) is 14.4. The fraction of sp³-hybridized carbons (Fsp3) is 0.304. The highest BCUT2D eigenvalue weighted by atomic mass is 32.1. The summed E-state index contributed by atoms with van der Waals surface area (Å²) in [6.45, 7) is 2.80. The van der Waals surface area contributed by atoms with Crippen molar-refractivity contribution in [3.05, 3.63) is 64.4 Å². The van der Waals surface area contributed by atoms with Gasteiger partial charge in [-0.15, -0.1) is 11.3 Å². The van der Waals surface area contributed by atoms with E-state index in [1.807, 2.05) is 18.2 Å². The molecule has 1 heterocycles. The summed E-state index contributed by atoms with van der Waals surface area (Å²) in [5, 5.41) is 20.3. The van der Waals surface area contributed by atoms with Crippen LogP contribution in [0.4, 0.5) is 0 Å². The molecule has 4 N–H and O–H groups in total. The number of aliphatic carboxylic acids is 2. The number of hydrogen-bond acceptors (Lipinski definition) is 5. The number of carboxylic acids is 2. The van der Waals surface area contributed by atoms with Crippen LogP contribution >= 0.6 is 11.3 Å². The second-order valence-corrected chi connectivity index (χ2v) is 7.64. The summed E-state index contributed by atoms with van der Waals surface area (Å²) in [5.41, 5.74) is 7.03. The summed E-state index contributed by atoms with van der Waals surface area (Å²) in [6, 6.07) is 16.8. The minimum Gasteiger partial charge on any atom is -0.485 e. The smallest absolute Gasteiger partial charge is 0.303 e. The number of fused-ring (bicyclic) bond motifs is 1. The number of hydrogen-bond donors (Lipinski definition) is 3. The molecule has 0 saturated carbocycles. The zero-order chi connectivity index (χ0) is 21.9. The predicted octanol–water partition coefficient (Wildman–Crippen LogP) is 4.87. The van der Waals surface area contributed by atoms with Crippen LogP contribution in [0, 0.1) is 0 Å². The molecule has 3 aromatic rings. The van der Waals surface area contributed by atoms with Gasteiger partial charge in [0.25, 0.3) is 0 Å². The summed E-state index contributed by atoms with van der Waals surface area (Å²) < 4.78 is 6.34. The highest BCUT2D eigenvalue weighted by Gasteiger charge is 2.16. The van der Waals surface area contributed by atoms with Gasteiger partial charge in [-0.1, -0.05) is 43.3 Å². The van der Waals surface area contributed by atoms with Crippen LogP contribution in [0.25, 0.3) is 10.8 Å². The molecule has 3 rings (SSSR count). The fourth-order valence-corrected chi connectivity index (χ4v) is 3.74. The zero-order valence-corrected chi connectivity index (χ0v) is 17.7. The van der Waals surface area contributed by atoms with E-state index < -0.39 is 11.9 Å². The summed E-state index contributed by atoms with van der Waals surface area (Å²) in [4.78, 5) is 20.7. The quantitative estimate of drug-likeness (QED) is 0.448. The molecule has 1 unspecified atom stereocenters. The molecule has 7 heteroatoms. The standard InChI is InChI=1S/C19H21NOS.C4H6O4/c1-2-16-12-15(13-22-16)18(10-11-20)21-19-9-5-7-14-6-3-4-8-17(14)19;5-3(6)1-2-4(7)8/h3-9,12-13,18H,2,10-11,20H2,1H3;1-2H2,(H,5,6)(H,7,8). The Balaban J connectivity index is 0.000000343. The minimum atomic E-state index is -1.08. The van der Waals surface area contributed by atoms with Crippen molar-refractivity contribution in [3.63, 3.8) is 0 Å². The van der Waals surface area contributed by atoms with Crippen LogP contribution < -0.4 is 10.5 Å². The Morgan fingerprint density at radius 1 is 1.07 bits per heavy atom. The van der Waals surface area contributed by atoms with Crippen LogP contribution in [0.1, 0.15) is 42.7 Å². The van der Waals surface area contributed by atoms with Gasteiger partial charge >= 0.3 is 11.9 Å². The largest absolute Gasteiger partial charge is 0.485 e. The lowest BCUT2D eigenvalue weighted by Gasteiger charge is -2.19.